The van der Waals surface area contributed by atoms with Crippen LogP contribution >= 0.6 is 11.8 Å². The van der Waals surface area contributed by atoms with Crippen molar-refractivity contribution in [1.82, 2.24) is 5.32 Å². The molecule has 0 saturated carbocycles. The molecule has 3 heteroatoms. The fraction of sp³-hybridized carbons (Fsp3) is 0.533. The molecule has 0 aliphatic heterocycles. The predicted molar refractivity (Wildman–Crippen MR) is 80.1 cm³/mol. The summed E-state index contributed by atoms with van der Waals surface area (Å²) in [6.45, 7) is 8.62. The highest BCUT2D eigenvalue weighted by Crippen LogP contribution is 2.23. The van der Waals surface area contributed by atoms with E-state index >= 15 is 0 Å². The second kappa shape index (κ2) is 6.28. The zero-order valence-corrected chi connectivity index (χ0v) is 12.7. The average molecular weight is 265 g/mol. The smallest absolute Gasteiger partial charge is 0.230 e. The van der Waals surface area contributed by atoms with Crippen molar-refractivity contribution in [2.75, 3.05) is 12.0 Å². The number of benzene rings is 1. The van der Waals surface area contributed by atoms with E-state index in [4.69, 9.17) is 0 Å². The molecule has 1 N–H and O–H groups in total. The summed E-state index contributed by atoms with van der Waals surface area (Å²) < 4.78 is 0. The number of amides is 1. The Hall–Kier alpha value is -0.960. The molecule has 0 spiro atoms. The van der Waals surface area contributed by atoms with E-state index < -0.39 is 0 Å². The van der Waals surface area contributed by atoms with Crippen molar-refractivity contribution >= 4 is 17.7 Å². The lowest BCUT2D eigenvalue weighted by Crippen LogP contribution is -2.28. The van der Waals surface area contributed by atoms with Crippen LogP contribution in [-0.4, -0.2) is 17.9 Å². The first-order valence-electron chi connectivity index (χ1n) is 6.23. The Morgan fingerprint density at radius 1 is 1.28 bits per heavy atom. The first kappa shape index (κ1) is 15.1. The van der Waals surface area contributed by atoms with Crippen molar-refractivity contribution in [3.63, 3.8) is 0 Å². The Balaban J connectivity index is 2.70. The van der Waals surface area contributed by atoms with Crippen LogP contribution < -0.4 is 5.32 Å². The Morgan fingerprint density at radius 3 is 2.28 bits per heavy atom. The lowest BCUT2D eigenvalue weighted by atomic mass is 9.86. The van der Waals surface area contributed by atoms with Crippen LogP contribution in [0.3, 0.4) is 0 Å². The third-order valence-corrected chi connectivity index (χ3v) is 3.48. The van der Waals surface area contributed by atoms with E-state index in [-0.39, 0.29) is 17.4 Å². The molecule has 100 valence electrons. The van der Waals surface area contributed by atoms with Gasteiger partial charge in [0.05, 0.1) is 11.8 Å². The molecule has 0 fully saturated rings. The van der Waals surface area contributed by atoms with Crippen LogP contribution in [0.25, 0.3) is 0 Å². The summed E-state index contributed by atoms with van der Waals surface area (Å²) in [4.78, 5) is 11.5. The molecule has 0 aliphatic rings. The second-order valence-electron chi connectivity index (χ2n) is 5.59. The number of carbonyl (C=O) groups is 1. The summed E-state index contributed by atoms with van der Waals surface area (Å²) in [5.74, 6) is 0.611. The highest BCUT2D eigenvalue weighted by Gasteiger charge is 2.14. The van der Waals surface area contributed by atoms with Gasteiger partial charge >= 0.3 is 0 Å². The molecule has 0 heterocycles. The van der Waals surface area contributed by atoms with Crippen LogP contribution in [-0.2, 0) is 10.2 Å². The van der Waals surface area contributed by atoms with Crippen LogP contribution in [0.4, 0.5) is 0 Å². The molecule has 1 aromatic carbocycles. The lowest BCUT2D eigenvalue weighted by Gasteiger charge is -2.20. The molecule has 1 unspecified atom stereocenters. The maximum atomic E-state index is 11.5. The molecule has 0 aromatic heterocycles. The zero-order valence-electron chi connectivity index (χ0n) is 11.9. The molecule has 1 aromatic rings. The van der Waals surface area contributed by atoms with E-state index in [0.29, 0.717) is 5.75 Å². The number of hydrogen-bond donors (Lipinski definition) is 1. The fourth-order valence-corrected chi connectivity index (χ4v) is 2.11. The minimum Gasteiger partial charge on any atom is -0.349 e. The average Bonchev–Trinajstić information content (AvgIpc) is 2.28. The fourth-order valence-electron chi connectivity index (χ4n) is 1.77. The summed E-state index contributed by atoms with van der Waals surface area (Å²) in [6, 6.07) is 8.56. The van der Waals surface area contributed by atoms with E-state index in [0.717, 1.165) is 5.56 Å². The number of carbonyl (C=O) groups excluding carboxylic acids is 1. The molecular weight excluding hydrogens is 242 g/mol. The molecule has 0 aliphatic carbocycles. The summed E-state index contributed by atoms with van der Waals surface area (Å²) in [6.07, 6.45) is 1.93. The van der Waals surface area contributed by atoms with Crippen molar-refractivity contribution in [1.29, 1.82) is 0 Å². The Kier molecular flexibility index (Phi) is 5.27. The number of nitrogens with one attached hydrogen (secondary N) is 1. The van der Waals surface area contributed by atoms with Gasteiger partial charge in [-0.2, -0.15) is 11.8 Å². The quantitative estimate of drug-likeness (QED) is 0.902. The van der Waals surface area contributed by atoms with E-state index in [1.807, 2.05) is 13.2 Å². The molecule has 0 saturated heterocycles. The van der Waals surface area contributed by atoms with Gasteiger partial charge < -0.3 is 5.32 Å². The molecule has 0 radical (unpaired) electrons. The largest absolute Gasteiger partial charge is 0.349 e. The first-order chi connectivity index (χ1) is 8.34. The lowest BCUT2D eigenvalue weighted by molar-refractivity contribution is -0.119. The second-order valence-corrected chi connectivity index (χ2v) is 6.46. The monoisotopic (exact) mass is 265 g/mol. The van der Waals surface area contributed by atoms with Crippen molar-refractivity contribution in [2.24, 2.45) is 0 Å². The summed E-state index contributed by atoms with van der Waals surface area (Å²) in [5, 5.41) is 3.00. The molecule has 1 atom stereocenters. The van der Waals surface area contributed by atoms with Gasteiger partial charge in [-0.3, -0.25) is 4.79 Å². The highest BCUT2D eigenvalue weighted by atomic mass is 32.2. The van der Waals surface area contributed by atoms with Gasteiger partial charge in [-0.25, -0.2) is 0 Å². The minimum atomic E-state index is 0.0682. The van der Waals surface area contributed by atoms with Crippen LogP contribution in [0.2, 0.25) is 0 Å². The van der Waals surface area contributed by atoms with Gasteiger partial charge in [0.2, 0.25) is 5.91 Å². The summed E-state index contributed by atoms with van der Waals surface area (Å²) in [5.41, 5.74) is 2.63. The third kappa shape index (κ3) is 4.37. The molecule has 1 rings (SSSR count). The molecule has 0 bridgehead atoms. The summed E-state index contributed by atoms with van der Waals surface area (Å²) >= 11 is 1.54. The first-order valence-corrected chi connectivity index (χ1v) is 7.62. The van der Waals surface area contributed by atoms with Gasteiger partial charge in [-0.15, -0.1) is 0 Å². The predicted octanol–water partition coefficient (Wildman–Crippen LogP) is 3.52. The third-order valence-electron chi connectivity index (χ3n) is 2.93. The van der Waals surface area contributed by atoms with Gasteiger partial charge in [0.1, 0.15) is 0 Å². The van der Waals surface area contributed by atoms with Crippen LogP contribution in [0.5, 0.6) is 0 Å². The minimum absolute atomic E-state index is 0.0682. The molecule has 18 heavy (non-hydrogen) atoms. The Labute approximate surface area is 115 Å². The van der Waals surface area contributed by atoms with Gasteiger partial charge in [0.25, 0.3) is 0 Å². The van der Waals surface area contributed by atoms with Crippen LogP contribution in [0.1, 0.15) is 44.9 Å². The maximum Gasteiger partial charge on any atom is 0.230 e. The summed E-state index contributed by atoms with van der Waals surface area (Å²) in [7, 11) is 0. The zero-order chi connectivity index (χ0) is 13.8. The van der Waals surface area contributed by atoms with E-state index in [1.165, 1.54) is 5.56 Å². The van der Waals surface area contributed by atoms with Crippen LogP contribution in [0.15, 0.2) is 24.3 Å². The van der Waals surface area contributed by atoms with Gasteiger partial charge in [-0.05, 0) is 29.7 Å². The molecular formula is C15H23NOS. The van der Waals surface area contributed by atoms with Crippen molar-refractivity contribution in [3.05, 3.63) is 35.4 Å². The van der Waals surface area contributed by atoms with Gasteiger partial charge in [-0.1, -0.05) is 45.0 Å². The molecule has 2 nitrogen and oxygen atoms in total. The Morgan fingerprint density at radius 2 is 1.83 bits per heavy atom. The Bertz CT molecular complexity index is 392. The van der Waals surface area contributed by atoms with Gasteiger partial charge in [0, 0.05) is 0 Å². The van der Waals surface area contributed by atoms with Crippen molar-refractivity contribution in [2.45, 2.75) is 39.2 Å². The number of thioether (sulfide) groups is 1. The number of rotatable bonds is 4. The van der Waals surface area contributed by atoms with E-state index in [2.05, 4.69) is 50.4 Å². The van der Waals surface area contributed by atoms with Crippen molar-refractivity contribution in [3.8, 4) is 0 Å². The maximum absolute atomic E-state index is 11.5. The standard InChI is InChI=1S/C15H23NOS/c1-11(16-14(17)10-18-5)12-6-8-13(9-7-12)15(2,3)4/h6-9,11H,10H2,1-5H3,(H,16,17). The molecule has 1 amide bonds. The SMILES string of the molecule is CSCC(=O)NC(C)c1ccc(C(C)(C)C)cc1. The van der Waals surface area contributed by atoms with Gasteiger partial charge in [0.15, 0.2) is 0 Å². The van der Waals surface area contributed by atoms with Crippen molar-refractivity contribution < 1.29 is 4.79 Å². The highest BCUT2D eigenvalue weighted by molar-refractivity contribution is 7.99. The van der Waals surface area contributed by atoms with E-state index in [1.54, 1.807) is 11.8 Å². The number of hydrogen-bond acceptors (Lipinski definition) is 2. The topological polar surface area (TPSA) is 29.1 Å². The van der Waals surface area contributed by atoms with Crippen LogP contribution in [0, 0.1) is 0 Å². The van der Waals surface area contributed by atoms with E-state index in [9.17, 15) is 4.79 Å². The normalized spacial score (nSPS) is 13.2.